The topological polar surface area (TPSA) is 73.5 Å². The number of nitrogens with one attached hydrogen (secondary N) is 3. The van der Waals surface area contributed by atoms with Gasteiger partial charge in [0.25, 0.3) is 0 Å². The third-order valence-corrected chi connectivity index (χ3v) is 7.45. The van der Waals surface area contributed by atoms with E-state index in [4.69, 9.17) is 0 Å². The summed E-state index contributed by atoms with van der Waals surface area (Å²) >= 11 is 0. The highest BCUT2D eigenvalue weighted by Crippen LogP contribution is 2.33. The molecule has 6 nitrogen and oxygen atoms in total. The van der Waals surface area contributed by atoms with E-state index < -0.39 is 0 Å². The second-order valence-corrected chi connectivity index (χ2v) is 9.43. The molecule has 0 aromatic carbocycles. The molecular weight excluding hydrogens is 352 g/mol. The molecule has 1 aliphatic heterocycles. The van der Waals surface area contributed by atoms with Crippen LogP contribution in [-0.2, 0) is 0 Å². The lowest BCUT2D eigenvalue weighted by Crippen LogP contribution is -2.53. The largest absolute Gasteiger partial charge is 0.338 e. The van der Waals surface area contributed by atoms with Crippen LogP contribution in [-0.4, -0.2) is 48.7 Å². The van der Waals surface area contributed by atoms with E-state index in [-0.39, 0.29) is 18.1 Å². The van der Waals surface area contributed by atoms with Gasteiger partial charge in [-0.15, -0.1) is 0 Å². The Bertz CT molecular complexity index is 513. The summed E-state index contributed by atoms with van der Waals surface area (Å²) in [6, 6.07) is 0.544. The van der Waals surface area contributed by atoms with Crippen LogP contribution in [0.2, 0.25) is 0 Å². The van der Waals surface area contributed by atoms with E-state index in [9.17, 15) is 9.59 Å². The van der Waals surface area contributed by atoms with Crippen LogP contribution in [0.25, 0.3) is 0 Å². The van der Waals surface area contributed by atoms with Crippen molar-refractivity contribution >= 4 is 12.1 Å². The van der Waals surface area contributed by atoms with Crippen molar-refractivity contribution < 1.29 is 9.59 Å². The molecule has 2 saturated carbocycles. The van der Waals surface area contributed by atoms with E-state index in [1.54, 1.807) is 0 Å². The highest BCUT2D eigenvalue weighted by molar-refractivity contribution is 5.75. The van der Waals surface area contributed by atoms with Crippen molar-refractivity contribution in [3.8, 4) is 0 Å². The average molecular weight is 393 g/mol. The summed E-state index contributed by atoms with van der Waals surface area (Å²) in [5, 5.41) is 9.40. The zero-order valence-electron chi connectivity index (χ0n) is 17.8. The fourth-order valence-electron chi connectivity index (χ4n) is 5.20. The van der Waals surface area contributed by atoms with Crippen LogP contribution in [0.1, 0.15) is 78.1 Å². The molecule has 3 N–H and O–H groups in total. The predicted octanol–water partition coefficient (Wildman–Crippen LogP) is 3.86. The number of piperidine rings is 1. The summed E-state index contributed by atoms with van der Waals surface area (Å²) in [5.74, 6) is 2.05. The minimum absolute atomic E-state index is 0.0322. The van der Waals surface area contributed by atoms with Gasteiger partial charge in [0.2, 0.25) is 0 Å². The normalized spacial score (nSPS) is 29.9. The molecule has 3 rings (SSSR count). The van der Waals surface area contributed by atoms with Gasteiger partial charge in [-0.25, -0.2) is 9.59 Å². The zero-order valence-corrected chi connectivity index (χ0v) is 17.8. The SMILES string of the molecule is CC1CCCC(CNC(=O)N2CCC(NC(=O)NC3CCCCC3)CC2)C1C. The van der Waals surface area contributed by atoms with Gasteiger partial charge in [0.15, 0.2) is 0 Å². The van der Waals surface area contributed by atoms with E-state index in [0.717, 1.165) is 51.2 Å². The van der Waals surface area contributed by atoms with Gasteiger partial charge in [0.05, 0.1) is 0 Å². The maximum Gasteiger partial charge on any atom is 0.317 e. The van der Waals surface area contributed by atoms with Crippen LogP contribution in [0.15, 0.2) is 0 Å². The zero-order chi connectivity index (χ0) is 19.9. The molecule has 4 amide bonds. The standard InChI is InChI=1S/C22H40N4O2/c1-16-7-6-8-18(17(16)2)15-23-22(28)26-13-11-20(12-14-26)25-21(27)24-19-9-4-3-5-10-19/h16-20H,3-15H2,1-2H3,(H,23,28)(H2,24,25,27). The number of hydrogen-bond donors (Lipinski definition) is 3. The summed E-state index contributed by atoms with van der Waals surface area (Å²) < 4.78 is 0. The average Bonchev–Trinajstić information content (AvgIpc) is 2.70. The summed E-state index contributed by atoms with van der Waals surface area (Å²) in [7, 11) is 0. The first-order valence-electron chi connectivity index (χ1n) is 11.6. The first kappa shape index (κ1) is 21.3. The van der Waals surface area contributed by atoms with Crippen LogP contribution >= 0.6 is 0 Å². The molecule has 2 aliphatic carbocycles. The third-order valence-electron chi connectivity index (χ3n) is 7.45. The number of amides is 4. The van der Waals surface area contributed by atoms with E-state index in [2.05, 4.69) is 29.8 Å². The number of likely N-dealkylation sites (tertiary alicyclic amines) is 1. The minimum Gasteiger partial charge on any atom is -0.338 e. The van der Waals surface area contributed by atoms with Crippen molar-refractivity contribution in [3.05, 3.63) is 0 Å². The number of carbonyl (C=O) groups excluding carboxylic acids is 2. The number of hydrogen-bond acceptors (Lipinski definition) is 2. The van der Waals surface area contributed by atoms with Crippen molar-refractivity contribution in [2.45, 2.75) is 90.1 Å². The Balaban J connectivity index is 1.32. The molecule has 160 valence electrons. The maximum atomic E-state index is 12.5. The Morgan fingerprint density at radius 1 is 0.821 bits per heavy atom. The smallest absolute Gasteiger partial charge is 0.317 e. The lowest BCUT2D eigenvalue weighted by molar-refractivity contribution is 0.157. The molecule has 1 saturated heterocycles. The summed E-state index contributed by atoms with van der Waals surface area (Å²) in [6.07, 6.45) is 11.4. The van der Waals surface area contributed by atoms with Crippen LogP contribution in [0.5, 0.6) is 0 Å². The Morgan fingerprint density at radius 3 is 2.14 bits per heavy atom. The molecule has 6 heteroatoms. The fourth-order valence-corrected chi connectivity index (χ4v) is 5.20. The molecule has 0 radical (unpaired) electrons. The van der Waals surface area contributed by atoms with Gasteiger partial charge in [0.1, 0.15) is 0 Å². The van der Waals surface area contributed by atoms with Crippen molar-refractivity contribution in [2.24, 2.45) is 17.8 Å². The van der Waals surface area contributed by atoms with Gasteiger partial charge in [-0.3, -0.25) is 0 Å². The summed E-state index contributed by atoms with van der Waals surface area (Å²) in [6.45, 7) is 6.90. The Morgan fingerprint density at radius 2 is 1.46 bits per heavy atom. The number of nitrogens with zero attached hydrogens (tertiary/aromatic N) is 1. The van der Waals surface area contributed by atoms with E-state index >= 15 is 0 Å². The molecule has 1 heterocycles. The van der Waals surface area contributed by atoms with Crippen molar-refractivity contribution in [2.75, 3.05) is 19.6 Å². The molecule has 28 heavy (non-hydrogen) atoms. The van der Waals surface area contributed by atoms with E-state index in [1.807, 2.05) is 4.90 Å². The number of urea groups is 2. The highest BCUT2D eigenvalue weighted by atomic mass is 16.2. The van der Waals surface area contributed by atoms with Crippen LogP contribution in [0, 0.1) is 17.8 Å². The van der Waals surface area contributed by atoms with E-state index in [1.165, 1.54) is 38.5 Å². The van der Waals surface area contributed by atoms with Gasteiger partial charge in [-0.2, -0.15) is 0 Å². The quantitative estimate of drug-likeness (QED) is 0.679. The third kappa shape index (κ3) is 6.02. The van der Waals surface area contributed by atoms with Gasteiger partial charge in [-0.1, -0.05) is 46.0 Å². The molecule has 0 bridgehead atoms. The number of carbonyl (C=O) groups is 2. The molecule has 0 aromatic heterocycles. The second kappa shape index (κ2) is 10.4. The van der Waals surface area contributed by atoms with Crippen molar-refractivity contribution in [1.29, 1.82) is 0 Å². The van der Waals surface area contributed by atoms with Crippen LogP contribution in [0.3, 0.4) is 0 Å². The minimum atomic E-state index is -0.0322. The van der Waals surface area contributed by atoms with Crippen molar-refractivity contribution in [1.82, 2.24) is 20.9 Å². The Hall–Kier alpha value is -1.46. The molecular formula is C22H40N4O2. The van der Waals surface area contributed by atoms with Gasteiger partial charge < -0.3 is 20.9 Å². The van der Waals surface area contributed by atoms with Gasteiger partial charge >= 0.3 is 12.1 Å². The molecule has 3 unspecified atom stereocenters. The second-order valence-electron chi connectivity index (χ2n) is 9.43. The molecule has 3 aliphatic rings. The summed E-state index contributed by atoms with van der Waals surface area (Å²) in [4.78, 5) is 26.7. The Labute approximate surface area is 170 Å². The van der Waals surface area contributed by atoms with E-state index in [0.29, 0.717) is 17.9 Å². The lowest BCUT2D eigenvalue weighted by Gasteiger charge is -2.36. The van der Waals surface area contributed by atoms with Crippen LogP contribution in [0.4, 0.5) is 9.59 Å². The Kier molecular flexibility index (Phi) is 7.86. The number of rotatable bonds is 4. The molecule has 0 spiro atoms. The maximum absolute atomic E-state index is 12.5. The van der Waals surface area contributed by atoms with Gasteiger partial charge in [0, 0.05) is 31.7 Å². The van der Waals surface area contributed by atoms with Crippen LogP contribution < -0.4 is 16.0 Å². The molecule has 3 fully saturated rings. The molecule has 0 aromatic rings. The molecule has 3 atom stereocenters. The highest BCUT2D eigenvalue weighted by Gasteiger charge is 2.29. The first-order chi connectivity index (χ1) is 13.5. The summed E-state index contributed by atoms with van der Waals surface area (Å²) in [5.41, 5.74) is 0. The monoisotopic (exact) mass is 392 g/mol. The first-order valence-corrected chi connectivity index (χ1v) is 11.6. The van der Waals surface area contributed by atoms with Crippen molar-refractivity contribution in [3.63, 3.8) is 0 Å². The fraction of sp³-hybridized carbons (Fsp3) is 0.909. The lowest BCUT2D eigenvalue weighted by atomic mass is 9.74. The van der Waals surface area contributed by atoms with Gasteiger partial charge in [-0.05, 0) is 49.9 Å². The predicted molar refractivity (Wildman–Crippen MR) is 112 cm³/mol.